The number of nitrogens with zero attached hydrogens (tertiary/aromatic N) is 3. The number of aromatic nitrogens is 3. The number of nitrogens with one attached hydrogen (secondary N) is 1. The largest absolute Gasteiger partial charge is 0.497 e. The van der Waals surface area contributed by atoms with E-state index in [4.69, 9.17) is 4.74 Å². The van der Waals surface area contributed by atoms with E-state index in [0.29, 0.717) is 12.2 Å². The summed E-state index contributed by atoms with van der Waals surface area (Å²) < 4.78 is 7.68. The molecule has 0 saturated carbocycles. The monoisotopic (exact) mass is 312 g/mol. The van der Waals surface area contributed by atoms with E-state index in [1.165, 1.54) is 4.40 Å². The molecule has 23 heavy (non-hydrogen) atoms. The maximum atomic E-state index is 12.1. The summed E-state index contributed by atoms with van der Waals surface area (Å²) in [6.45, 7) is 0.239. The highest BCUT2D eigenvalue weighted by Crippen LogP contribution is 2.12. The second-order valence-corrected chi connectivity index (χ2v) is 5.00. The van der Waals surface area contributed by atoms with Gasteiger partial charge in [0, 0.05) is 12.7 Å². The zero-order chi connectivity index (χ0) is 16.2. The minimum atomic E-state index is -0.336. The van der Waals surface area contributed by atoms with Gasteiger partial charge in [-0.25, -0.2) is 9.48 Å². The first-order valence-corrected chi connectivity index (χ1v) is 7.11. The molecule has 1 amide bonds. The number of carbonyl (C=O) groups excluding carboxylic acids is 1. The molecule has 0 atom stereocenters. The molecule has 0 aliphatic heterocycles. The standard InChI is InChI=1S/C16H16N4O3/c1-23-13-6-4-5-12(9-13)10-17-15(21)11-20-16(22)19-8-3-2-7-14(19)18-20/h2-9H,10-11H2,1H3,(H,17,21). The Morgan fingerprint density at radius 1 is 1.26 bits per heavy atom. The lowest BCUT2D eigenvalue weighted by Crippen LogP contribution is -2.32. The third-order valence-corrected chi connectivity index (χ3v) is 3.41. The van der Waals surface area contributed by atoms with Crippen molar-refractivity contribution in [3.63, 3.8) is 0 Å². The van der Waals surface area contributed by atoms with Crippen LogP contribution in [0.3, 0.4) is 0 Å². The molecule has 0 fully saturated rings. The molecule has 1 N–H and O–H groups in total. The van der Waals surface area contributed by atoms with Gasteiger partial charge < -0.3 is 10.1 Å². The zero-order valence-electron chi connectivity index (χ0n) is 12.6. The number of benzene rings is 1. The van der Waals surface area contributed by atoms with Gasteiger partial charge in [0.1, 0.15) is 12.3 Å². The summed E-state index contributed by atoms with van der Waals surface area (Å²) in [7, 11) is 1.59. The van der Waals surface area contributed by atoms with Crippen molar-refractivity contribution >= 4 is 11.6 Å². The Hall–Kier alpha value is -3.09. The van der Waals surface area contributed by atoms with Crippen molar-refractivity contribution in [1.82, 2.24) is 19.5 Å². The maximum absolute atomic E-state index is 12.1. The quantitative estimate of drug-likeness (QED) is 0.756. The van der Waals surface area contributed by atoms with Gasteiger partial charge in [-0.05, 0) is 29.8 Å². The van der Waals surface area contributed by atoms with Crippen LogP contribution in [-0.2, 0) is 17.9 Å². The number of pyridine rings is 1. The minimum Gasteiger partial charge on any atom is -0.497 e. The maximum Gasteiger partial charge on any atom is 0.350 e. The average Bonchev–Trinajstić information content (AvgIpc) is 2.89. The zero-order valence-corrected chi connectivity index (χ0v) is 12.6. The molecule has 0 unspecified atom stereocenters. The predicted molar refractivity (Wildman–Crippen MR) is 84.3 cm³/mol. The highest BCUT2D eigenvalue weighted by Gasteiger charge is 2.10. The van der Waals surface area contributed by atoms with E-state index in [-0.39, 0.29) is 18.1 Å². The highest BCUT2D eigenvalue weighted by atomic mass is 16.5. The normalized spacial score (nSPS) is 10.7. The van der Waals surface area contributed by atoms with Crippen LogP contribution in [0.4, 0.5) is 0 Å². The van der Waals surface area contributed by atoms with Crippen molar-refractivity contribution in [2.24, 2.45) is 0 Å². The first-order chi connectivity index (χ1) is 11.2. The molecule has 0 aliphatic carbocycles. The number of fused-ring (bicyclic) bond motifs is 1. The summed E-state index contributed by atoms with van der Waals surface area (Å²) in [6, 6.07) is 12.7. The fraction of sp³-hybridized carbons (Fsp3) is 0.188. The van der Waals surface area contributed by atoms with Crippen LogP contribution in [0, 0.1) is 0 Å². The topological polar surface area (TPSA) is 77.6 Å². The summed E-state index contributed by atoms with van der Waals surface area (Å²) in [6.07, 6.45) is 1.62. The number of methoxy groups -OCH3 is 1. The fourth-order valence-corrected chi connectivity index (χ4v) is 2.25. The Balaban J connectivity index is 1.66. The van der Waals surface area contributed by atoms with E-state index in [1.54, 1.807) is 31.5 Å². The molecule has 0 bridgehead atoms. The summed E-state index contributed by atoms with van der Waals surface area (Å²) in [4.78, 5) is 24.1. The molecule has 7 nitrogen and oxygen atoms in total. The molecule has 118 valence electrons. The van der Waals surface area contributed by atoms with Gasteiger partial charge in [0.25, 0.3) is 0 Å². The van der Waals surface area contributed by atoms with Crippen LogP contribution >= 0.6 is 0 Å². The first-order valence-electron chi connectivity index (χ1n) is 7.11. The second-order valence-electron chi connectivity index (χ2n) is 5.00. The number of ether oxygens (including phenoxy) is 1. The lowest BCUT2D eigenvalue weighted by atomic mass is 10.2. The van der Waals surface area contributed by atoms with Crippen LogP contribution < -0.4 is 15.7 Å². The molecule has 3 aromatic rings. The van der Waals surface area contributed by atoms with Crippen LogP contribution in [0.1, 0.15) is 5.56 Å². The smallest absolute Gasteiger partial charge is 0.350 e. The average molecular weight is 312 g/mol. The van der Waals surface area contributed by atoms with Gasteiger partial charge in [0.2, 0.25) is 5.91 Å². The van der Waals surface area contributed by atoms with Crippen molar-refractivity contribution in [3.8, 4) is 5.75 Å². The van der Waals surface area contributed by atoms with Gasteiger partial charge in [-0.15, -0.1) is 5.10 Å². The van der Waals surface area contributed by atoms with Crippen LogP contribution in [0.5, 0.6) is 5.75 Å². The van der Waals surface area contributed by atoms with Crippen molar-refractivity contribution < 1.29 is 9.53 Å². The van der Waals surface area contributed by atoms with E-state index >= 15 is 0 Å². The Bertz CT molecular complexity index is 897. The predicted octanol–water partition coefficient (Wildman–Crippen LogP) is 0.821. The molecule has 0 spiro atoms. The van der Waals surface area contributed by atoms with Crippen LogP contribution in [0.15, 0.2) is 53.5 Å². The van der Waals surface area contributed by atoms with Crippen LogP contribution in [0.2, 0.25) is 0 Å². The molecule has 3 rings (SSSR count). The Labute approximate surface area is 132 Å². The van der Waals surface area contributed by atoms with E-state index in [2.05, 4.69) is 10.4 Å². The number of hydrogen-bond donors (Lipinski definition) is 1. The van der Waals surface area contributed by atoms with Gasteiger partial charge in [-0.3, -0.25) is 9.20 Å². The lowest BCUT2D eigenvalue weighted by molar-refractivity contribution is -0.122. The summed E-state index contributed by atoms with van der Waals surface area (Å²) >= 11 is 0. The number of hydrogen-bond acceptors (Lipinski definition) is 4. The van der Waals surface area contributed by atoms with Crippen molar-refractivity contribution in [2.45, 2.75) is 13.1 Å². The summed E-state index contributed by atoms with van der Waals surface area (Å²) in [5.41, 5.74) is 1.09. The third-order valence-electron chi connectivity index (χ3n) is 3.41. The molecule has 1 aromatic carbocycles. The first kappa shape index (κ1) is 14.8. The Morgan fingerprint density at radius 3 is 2.91 bits per heavy atom. The van der Waals surface area contributed by atoms with Gasteiger partial charge in [-0.1, -0.05) is 18.2 Å². The molecular weight excluding hydrogens is 296 g/mol. The summed E-state index contributed by atoms with van der Waals surface area (Å²) in [5.74, 6) is 0.451. The molecule has 7 heteroatoms. The van der Waals surface area contributed by atoms with Gasteiger partial charge in [0.05, 0.1) is 7.11 Å². The number of rotatable bonds is 5. The summed E-state index contributed by atoms with van der Waals surface area (Å²) in [5, 5.41) is 6.89. The van der Waals surface area contributed by atoms with Crippen molar-refractivity contribution in [2.75, 3.05) is 7.11 Å². The van der Waals surface area contributed by atoms with E-state index in [1.807, 2.05) is 24.3 Å². The van der Waals surface area contributed by atoms with Crippen molar-refractivity contribution in [1.29, 1.82) is 0 Å². The molecule has 0 radical (unpaired) electrons. The molecule has 2 heterocycles. The van der Waals surface area contributed by atoms with Gasteiger partial charge >= 0.3 is 5.69 Å². The van der Waals surface area contributed by atoms with E-state index in [0.717, 1.165) is 16.0 Å². The SMILES string of the molecule is COc1cccc(CNC(=O)Cn2nc3ccccn3c2=O)c1. The lowest BCUT2D eigenvalue weighted by Gasteiger charge is -2.06. The Morgan fingerprint density at radius 2 is 2.13 bits per heavy atom. The molecule has 0 saturated heterocycles. The van der Waals surface area contributed by atoms with Gasteiger partial charge in [0.15, 0.2) is 5.65 Å². The van der Waals surface area contributed by atoms with Gasteiger partial charge in [-0.2, -0.15) is 0 Å². The molecular formula is C16H16N4O3. The highest BCUT2D eigenvalue weighted by molar-refractivity contribution is 5.75. The van der Waals surface area contributed by atoms with E-state index in [9.17, 15) is 9.59 Å². The third kappa shape index (κ3) is 3.23. The fourth-order valence-electron chi connectivity index (χ4n) is 2.25. The van der Waals surface area contributed by atoms with Crippen LogP contribution in [-0.4, -0.2) is 27.2 Å². The van der Waals surface area contributed by atoms with Crippen molar-refractivity contribution in [3.05, 3.63) is 64.7 Å². The minimum absolute atomic E-state index is 0.121. The Kier molecular flexibility index (Phi) is 4.09. The van der Waals surface area contributed by atoms with E-state index < -0.39 is 0 Å². The molecule has 2 aromatic heterocycles. The molecule has 0 aliphatic rings. The van der Waals surface area contributed by atoms with Crippen LogP contribution in [0.25, 0.3) is 5.65 Å². The number of carbonyl (C=O) groups is 1. The second kappa shape index (κ2) is 6.35. The number of amides is 1.